The van der Waals surface area contributed by atoms with Gasteiger partial charge in [-0.15, -0.1) is 0 Å². The fraction of sp³-hybridized carbons (Fsp3) is 0.526. The van der Waals surface area contributed by atoms with Crippen LogP contribution in [0.3, 0.4) is 0 Å². The third kappa shape index (κ3) is 3.74. The van der Waals surface area contributed by atoms with Crippen LogP contribution in [0.4, 0.5) is 0 Å². The highest BCUT2D eigenvalue weighted by molar-refractivity contribution is 5.84. The number of likely N-dealkylation sites (tertiary alicyclic amines) is 1. The lowest BCUT2D eigenvalue weighted by Gasteiger charge is -2.21. The highest BCUT2D eigenvalue weighted by Crippen LogP contribution is 2.26. The number of rotatable bonds is 5. The van der Waals surface area contributed by atoms with Crippen molar-refractivity contribution < 1.29 is 9.53 Å². The summed E-state index contributed by atoms with van der Waals surface area (Å²) >= 11 is 0. The van der Waals surface area contributed by atoms with E-state index in [2.05, 4.69) is 10.1 Å². The van der Waals surface area contributed by atoms with E-state index in [0.717, 1.165) is 35.5 Å². The molecule has 1 saturated heterocycles. The van der Waals surface area contributed by atoms with E-state index in [1.807, 2.05) is 49.5 Å². The molecule has 0 bridgehead atoms. The predicted molar refractivity (Wildman–Crippen MR) is 95.1 cm³/mol. The second kappa shape index (κ2) is 7.35. The van der Waals surface area contributed by atoms with Crippen LogP contribution in [-0.2, 0) is 23.2 Å². The van der Waals surface area contributed by atoms with Crippen LogP contribution in [0.2, 0.25) is 0 Å². The molecule has 0 radical (unpaired) electrons. The van der Waals surface area contributed by atoms with Crippen molar-refractivity contribution in [2.45, 2.75) is 45.8 Å². The number of aryl methyl sites for hydroxylation is 2. The molecule has 134 valence electrons. The van der Waals surface area contributed by atoms with Crippen molar-refractivity contribution >= 4 is 5.91 Å². The Hall–Kier alpha value is -2.21. The zero-order valence-electron chi connectivity index (χ0n) is 15.4. The van der Waals surface area contributed by atoms with Gasteiger partial charge in [0.2, 0.25) is 5.91 Å². The Morgan fingerprint density at radius 1 is 1.36 bits per heavy atom. The maximum absolute atomic E-state index is 12.9. The van der Waals surface area contributed by atoms with Crippen LogP contribution in [0.15, 0.2) is 24.5 Å². The van der Waals surface area contributed by atoms with Crippen LogP contribution < -0.4 is 0 Å². The molecule has 0 saturated carbocycles. The summed E-state index contributed by atoms with van der Waals surface area (Å²) in [4.78, 5) is 18.8. The van der Waals surface area contributed by atoms with E-state index in [-0.39, 0.29) is 17.9 Å². The average molecular weight is 342 g/mol. The first-order chi connectivity index (χ1) is 12.0. The fourth-order valence-corrected chi connectivity index (χ4v) is 3.57. The summed E-state index contributed by atoms with van der Waals surface area (Å²) in [5.41, 5.74) is 4.15. The van der Waals surface area contributed by atoms with Crippen molar-refractivity contribution in [2.24, 2.45) is 7.05 Å². The molecule has 0 spiro atoms. The lowest BCUT2D eigenvalue weighted by atomic mass is 9.98. The Balaban J connectivity index is 1.58. The molecular weight excluding hydrogens is 316 g/mol. The molecular formula is C19H26N4O2. The number of pyridine rings is 1. The number of hydrogen-bond acceptors (Lipinski definition) is 4. The normalized spacial score (nSPS) is 18.6. The van der Waals surface area contributed by atoms with Crippen LogP contribution in [0, 0.1) is 13.8 Å². The topological polar surface area (TPSA) is 60.2 Å². The molecule has 0 N–H and O–H groups in total. The van der Waals surface area contributed by atoms with E-state index in [1.54, 1.807) is 12.4 Å². The molecule has 2 unspecified atom stereocenters. The monoisotopic (exact) mass is 342 g/mol. The number of aromatic nitrogens is 3. The number of hydrogen-bond donors (Lipinski definition) is 0. The molecule has 6 nitrogen and oxygen atoms in total. The largest absolute Gasteiger partial charge is 0.372 e. The first kappa shape index (κ1) is 17.6. The molecule has 1 fully saturated rings. The minimum Gasteiger partial charge on any atom is -0.372 e. The van der Waals surface area contributed by atoms with Crippen LogP contribution in [0.25, 0.3) is 0 Å². The summed E-state index contributed by atoms with van der Waals surface area (Å²) in [6, 6.07) is 3.90. The van der Waals surface area contributed by atoms with E-state index >= 15 is 0 Å². The van der Waals surface area contributed by atoms with Crippen LogP contribution >= 0.6 is 0 Å². The minimum atomic E-state index is -0.173. The molecule has 1 aliphatic heterocycles. The zero-order chi connectivity index (χ0) is 18.0. The quantitative estimate of drug-likeness (QED) is 0.837. The van der Waals surface area contributed by atoms with E-state index in [0.29, 0.717) is 13.2 Å². The van der Waals surface area contributed by atoms with Gasteiger partial charge in [-0.2, -0.15) is 5.10 Å². The number of carbonyl (C=O) groups is 1. The molecule has 3 heterocycles. The van der Waals surface area contributed by atoms with Crippen LogP contribution in [-0.4, -0.2) is 44.8 Å². The Bertz CT molecular complexity index is 741. The summed E-state index contributed by atoms with van der Waals surface area (Å²) in [6.45, 7) is 7.94. The fourth-order valence-electron chi connectivity index (χ4n) is 3.57. The van der Waals surface area contributed by atoms with Crippen molar-refractivity contribution in [3.05, 3.63) is 47.0 Å². The minimum absolute atomic E-state index is 0.0976. The summed E-state index contributed by atoms with van der Waals surface area (Å²) in [5, 5.41) is 4.43. The predicted octanol–water partition coefficient (Wildman–Crippen LogP) is 2.35. The molecule has 1 aliphatic rings. The molecule has 6 heteroatoms. The first-order valence-electron chi connectivity index (χ1n) is 8.76. The Labute approximate surface area is 148 Å². The molecule has 3 rings (SSSR count). The zero-order valence-corrected chi connectivity index (χ0v) is 15.4. The van der Waals surface area contributed by atoms with Crippen molar-refractivity contribution in [3.63, 3.8) is 0 Å². The Kier molecular flexibility index (Phi) is 5.18. The van der Waals surface area contributed by atoms with E-state index < -0.39 is 0 Å². The van der Waals surface area contributed by atoms with E-state index in [4.69, 9.17) is 4.74 Å². The maximum atomic E-state index is 12.9. The van der Waals surface area contributed by atoms with E-state index in [9.17, 15) is 4.79 Å². The third-order valence-corrected chi connectivity index (χ3v) is 5.06. The van der Waals surface area contributed by atoms with Crippen LogP contribution in [0.5, 0.6) is 0 Å². The molecule has 0 aliphatic carbocycles. The first-order valence-corrected chi connectivity index (χ1v) is 8.76. The molecule has 25 heavy (non-hydrogen) atoms. The second-order valence-corrected chi connectivity index (χ2v) is 6.79. The van der Waals surface area contributed by atoms with Gasteiger partial charge in [0.05, 0.1) is 24.3 Å². The van der Waals surface area contributed by atoms with Crippen molar-refractivity contribution in [2.75, 3.05) is 13.1 Å². The van der Waals surface area contributed by atoms with Crippen molar-refractivity contribution in [1.82, 2.24) is 19.7 Å². The molecule has 0 aromatic carbocycles. The lowest BCUT2D eigenvalue weighted by molar-refractivity contribution is -0.132. The van der Waals surface area contributed by atoms with Crippen molar-refractivity contribution in [3.8, 4) is 0 Å². The highest BCUT2D eigenvalue weighted by atomic mass is 16.5. The van der Waals surface area contributed by atoms with Gasteiger partial charge in [-0.25, -0.2) is 0 Å². The van der Waals surface area contributed by atoms with Crippen LogP contribution in [0.1, 0.15) is 41.8 Å². The van der Waals surface area contributed by atoms with Crippen molar-refractivity contribution in [1.29, 1.82) is 0 Å². The highest BCUT2D eigenvalue weighted by Gasteiger charge is 2.32. The van der Waals surface area contributed by atoms with Gasteiger partial charge in [-0.05, 0) is 44.9 Å². The lowest BCUT2D eigenvalue weighted by Crippen LogP contribution is -2.33. The molecule has 2 aromatic heterocycles. The van der Waals surface area contributed by atoms with Gasteiger partial charge in [0, 0.05) is 43.8 Å². The standard InChI is InChI=1S/C19H26N4O2/c1-13(18-14(2)21-22(4)15(18)3)19(24)23-10-7-17(11-23)25-12-16-5-8-20-9-6-16/h5-6,8-9,13,17H,7,10-12H2,1-4H3. The summed E-state index contributed by atoms with van der Waals surface area (Å²) in [5.74, 6) is -0.0122. The number of nitrogens with zero attached hydrogens (tertiary/aromatic N) is 4. The van der Waals surface area contributed by atoms with Gasteiger partial charge in [-0.3, -0.25) is 14.5 Å². The summed E-state index contributed by atoms with van der Waals surface area (Å²) in [7, 11) is 1.92. The number of ether oxygens (including phenoxy) is 1. The number of carbonyl (C=O) groups excluding carboxylic acids is 1. The molecule has 2 aromatic rings. The summed E-state index contributed by atoms with van der Waals surface area (Å²) in [6.07, 6.45) is 4.52. The molecule has 1 amide bonds. The van der Waals surface area contributed by atoms with Gasteiger partial charge in [-0.1, -0.05) is 0 Å². The van der Waals surface area contributed by atoms with Gasteiger partial charge >= 0.3 is 0 Å². The smallest absolute Gasteiger partial charge is 0.230 e. The Morgan fingerprint density at radius 3 is 2.72 bits per heavy atom. The molecule has 2 atom stereocenters. The number of amides is 1. The summed E-state index contributed by atoms with van der Waals surface area (Å²) < 4.78 is 7.81. The average Bonchev–Trinajstić information content (AvgIpc) is 3.18. The van der Waals surface area contributed by atoms with Gasteiger partial charge < -0.3 is 9.64 Å². The maximum Gasteiger partial charge on any atom is 0.230 e. The van der Waals surface area contributed by atoms with Gasteiger partial charge in [0.25, 0.3) is 0 Å². The van der Waals surface area contributed by atoms with Gasteiger partial charge in [0.1, 0.15) is 0 Å². The SMILES string of the molecule is Cc1nn(C)c(C)c1C(C)C(=O)N1CCC(OCc2ccncc2)C1. The second-order valence-electron chi connectivity index (χ2n) is 6.79. The van der Waals surface area contributed by atoms with Gasteiger partial charge in [0.15, 0.2) is 0 Å². The van der Waals surface area contributed by atoms with E-state index in [1.165, 1.54) is 0 Å². The third-order valence-electron chi connectivity index (χ3n) is 5.06. The Morgan fingerprint density at radius 2 is 2.08 bits per heavy atom.